The molecule has 1 aromatic heterocycles. The Labute approximate surface area is 221 Å². The van der Waals surface area contributed by atoms with Crippen LogP contribution in [0.25, 0.3) is 6.08 Å². The topological polar surface area (TPSA) is 90.1 Å². The molecule has 2 aromatic carbocycles. The highest BCUT2D eigenvalue weighted by Gasteiger charge is 2.33. The van der Waals surface area contributed by atoms with Crippen molar-refractivity contribution in [1.29, 1.82) is 0 Å². The smallest absolute Gasteiger partial charge is 0.338 e. The van der Waals surface area contributed by atoms with Crippen LogP contribution in [0.2, 0.25) is 0 Å². The van der Waals surface area contributed by atoms with Gasteiger partial charge in [0.05, 0.1) is 39.1 Å². The molecule has 1 aliphatic heterocycles. The first kappa shape index (κ1) is 24.7. The van der Waals surface area contributed by atoms with Gasteiger partial charge in [0.1, 0.15) is 0 Å². The molecule has 0 radical (unpaired) electrons. The largest absolute Gasteiger partial charge is 0.504 e. The summed E-state index contributed by atoms with van der Waals surface area (Å²) in [6.07, 6.45) is 1.73. The number of nitrogens with zero attached hydrogens (tertiary/aromatic N) is 2. The molecule has 1 atom stereocenters. The van der Waals surface area contributed by atoms with E-state index in [1.807, 2.05) is 46.9 Å². The number of ether oxygens (including phenoxy) is 2. The van der Waals surface area contributed by atoms with Crippen LogP contribution in [-0.2, 0) is 9.53 Å². The van der Waals surface area contributed by atoms with Crippen LogP contribution in [0.4, 0.5) is 0 Å². The molecule has 2 heterocycles. The van der Waals surface area contributed by atoms with Gasteiger partial charge < -0.3 is 14.6 Å². The summed E-state index contributed by atoms with van der Waals surface area (Å²) in [7, 11) is 1.47. The first-order valence-electron chi connectivity index (χ1n) is 10.3. The van der Waals surface area contributed by atoms with Crippen LogP contribution in [0.15, 0.2) is 61.9 Å². The second-order valence-corrected chi connectivity index (χ2v) is 10.5. The number of allylic oxidation sites excluding steroid dienone is 1. The molecule has 0 spiro atoms. The number of benzene rings is 2. The van der Waals surface area contributed by atoms with E-state index in [1.165, 1.54) is 18.4 Å². The Balaban J connectivity index is 1.95. The third kappa shape index (κ3) is 4.58. The number of methoxy groups -OCH3 is 1. The molecule has 0 bridgehead atoms. The number of rotatable bonds is 5. The lowest BCUT2D eigenvalue weighted by Gasteiger charge is -2.24. The maximum atomic E-state index is 13.6. The van der Waals surface area contributed by atoms with E-state index in [0.29, 0.717) is 35.5 Å². The van der Waals surface area contributed by atoms with Crippen LogP contribution in [0, 0.1) is 3.57 Å². The predicted octanol–water partition coefficient (Wildman–Crippen LogP) is 3.88. The number of carbonyl (C=O) groups excluding carboxylic acids is 1. The van der Waals surface area contributed by atoms with Gasteiger partial charge in [-0.15, -0.1) is 0 Å². The fraction of sp³-hybridized carbons (Fsp3) is 0.208. The highest BCUT2D eigenvalue weighted by atomic mass is 127. The van der Waals surface area contributed by atoms with Gasteiger partial charge in [-0.1, -0.05) is 39.4 Å². The quantitative estimate of drug-likeness (QED) is 0.333. The third-order valence-electron chi connectivity index (χ3n) is 5.27. The maximum absolute atomic E-state index is 13.6. The van der Waals surface area contributed by atoms with Crippen molar-refractivity contribution in [3.63, 3.8) is 0 Å². The summed E-state index contributed by atoms with van der Waals surface area (Å²) in [5.74, 6) is -0.130. The molecule has 0 saturated heterocycles. The lowest BCUT2D eigenvalue weighted by atomic mass is 9.96. The van der Waals surface area contributed by atoms with Crippen molar-refractivity contribution in [3.8, 4) is 11.5 Å². The van der Waals surface area contributed by atoms with E-state index in [9.17, 15) is 14.7 Å². The van der Waals surface area contributed by atoms with Crippen molar-refractivity contribution in [1.82, 2.24) is 4.57 Å². The molecule has 1 N–H and O–H groups in total. The highest BCUT2D eigenvalue weighted by Crippen LogP contribution is 2.33. The Morgan fingerprint density at radius 3 is 2.68 bits per heavy atom. The van der Waals surface area contributed by atoms with Crippen molar-refractivity contribution in [2.75, 3.05) is 13.7 Å². The average molecular weight is 655 g/mol. The van der Waals surface area contributed by atoms with Crippen LogP contribution in [0.1, 0.15) is 31.0 Å². The number of fused-ring (bicyclic) bond motifs is 1. The molecule has 7 nitrogen and oxygen atoms in total. The zero-order chi connectivity index (χ0) is 24.6. The molecule has 1 aliphatic rings. The van der Waals surface area contributed by atoms with Crippen LogP contribution in [-0.4, -0.2) is 29.4 Å². The van der Waals surface area contributed by atoms with Gasteiger partial charge >= 0.3 is 5.97 Å². The molecule has 0 fully saturated rings. The Morgan fingerprint density at radius 2 is 2.03 bits per heavy atom. The minimum atomic E-state index is -0.667. The number of carbonyl (C=O) groups is 1. The molecule has 0 saturated carbocycles. The first-order valence-corrected chi connectivity index (χ1v) is 13.0. The minimum Gasteiger partial charge on any atom is -0.504 e. The zero-order valence-electron chi connectivity index (χ0n) is 18.5. The van der Waals surface area contributed by atoms with E-state index >= 15 is 0 Å². The van der Waals surface area contributed by atoms with Crippen molar-refractivity contribution in [2.24, 2.45) is 4.99 Å². The Kier molecular flexibility index (Phi) is 7.29. The number of phenolic OH excluding ortho intramolecular Hbond substituents is 1. The number of halogens is 2. The summed E-state index contributed by atoms with van der Waals surface area (Å²) in [6, 6.07) is 10.2. The summed E-state index contributed by atoms with van der Waals surface area (Å²) in [5.41, 5.74) is 2.05. The third-order valence-corrected chi connectivity index (χ3v) is 7.61. The monoisotopic (exact) mass is 654 g/mol. The number of hydrogen-bond acceptors (Lipinski definition) is 7. The van der Waals surface area contributed by atoms with E-state index in [-0.39, 0.29) is 17.9 Å². The minimum absolute atomic E-state index is 0.0478. The van der Waals surface area contributed by atoms with Gasteiger partial charge in [-0.05, 0) is 77.9 Å². The first-order chi connectivity index (χ1) is 16.2. The molecule has 0 unspecified atom stereocenters. The lowest BCUT2D eigenvalue weighted by Crippen LogP contribution is -2.39. The number of aromatic hydroxyl groups is 1. The standard InChI is InChI=1S/C24H20BrIN2O5S/c1-4-33-23(31)19-12(2)27-24-28(20(19)14-5-7-15(25)8-6-14)22(30)18(34-24)11-13-9-16(26)21(29)17(10-13)32-3/h5-11,20,29H,4H2,1-3H3/b18-11-/t20-/m1/s1. The normalized spacial score (nSPS) is 15.7. The molecular weight excluding hydrogens is 635 g/mol. The van der Waals surface area contributed by atoms with Gasteiger partial charge in [0, 0.05) is 4.47 Å². The fourth-order valence-electron chi connectivity index (χ4n) is 3.74. The molecule has 0 amide bonds. The number of hydrogen-bond donors (Lipinski definition) is 1. The molecule has 0 aliphatic carbocycles. The van der Waals surface area contributed by atoms with Crippen molar-refractivity contribution >= 4 is 61.9 Å². The van der Waals surface area contributed by atoms with Crippen LogP contribution in [0.5, 0.6) is 11.5 Å². The summed E-state index contributed by atoms with van der Waals surface area (Å²) in [5, 5.41) is 10.1. The SMILES string of the molecule is CCOC(=O)C1=C(C)N=c2s/c(=C\c3cc(I)c(O)c(OC)c3)c(=O)n2[C@@H]1c1ccc(Br)cc1. The number of thiazole rings is 1. The summed E-state index contributed by atoms with van der Waals surface area (Å²) < 4.78 is 14.0. The molecule has 10 heteroatoms. The van der Waals surface area contributed by atoms with Gasteiger partial charge in [0.25, 0.3) is 5.56 Å². The molecule has 176 valence electrons. The van der Waals surface area contributed by atoms with E-state index < -0.39 is 12.0 Å². The predicted molar refractivity (Wildman–Crippen MR) is 142 cm³/mol. The highest BCUT2D eigenvalue weighted by molar-refractivity contribution is 14.1. The molecular formula is C24H20BrIN2O5S. The number of aromatic nitrogens is 1. The van der Waals surface area contributed by atoms with E-state index in [1.54, 1.807) is 36.6 Å². The lowest BCUT2D eigenvalue weighted by molar-refractivity contribution is -0.139. The van der Waals surface area contributed by atoms with Gasteiger partial charge in [0.15, 0.2) is 16.3 Å². The number of esters is 1. The van der Waals surface area contributed by atoms with E-state index in [4.69, 9.17) is 9.47 Å². The Bertz CT molecular complexity index is 1490. The van der Waals surface area contributed by atoms with E-state index in [2.05, 4.69) is 20.9 Å². The van der Waals surface area contributed by atoms with Crippen molar-refractivity contribution in [3.05, 3.63) is 86.5 Å². The van der Waals surface area contributed by atoms with Crippen molar-refractivity contribution in [2.45, 2.75) is 19.9 Å². The summed E-state index contributed by atoms with van der Waals surface area (Å²) in [6.45, 7) is 3.71. The van der Waals surface area contributed by atoms with Crippen LogP contribution < -0.4 is 19.6 Å². The molecule has 3 aromatic rings. The van der Waals surface area contributed by atoms with Crippen LogP contribution in [0.3, 0.4) is 0 Å². The van der Waals surface area contributed by atoms with Gasteiger partial charge in [0.2, 0.25) is 0 Å². The Hall–Kier alpha value is -2.44. The zero-order valence-corrected chi connectivity index (χ0v) is 23.0. The van der Waals surface area contributed by atoms with Gasteiger partial charge in [-0.3, -0.25) is 9.36 Å². The van der Waals surface area contributed by atoms with Crippen LogP contribution >= 0.6 is 49.9 Å². The maximum Gasteiger partial charge on any atom is 0.338 e. The van der Waals surface area contributed by atoms with Crippen molar-refractivity contribution < 1.29 is 19.4 Å². The average Bonchev–Trinajstić information content (AvgIpc) is 3.10. The Morgan fingerprint density at radius 1 is 1.32 bits per heavy atom. The molecule has 4 rings (SSSR count). The van der Waals surface area contributed by atoms with E-state index in [0.717, 1.165) is 10.0 Å². The fourth-order valence-corrected chi connectivity index (χ4v) is 5.67. The van der Waals surface area contributed by atoms with Gasteiger partial charge in [-0.25, -0.2) is 9.79 Å². The second kappa shape index (κ2) is 10.0. The number of phenols is 1. The van der Waals surface area contributed by atoms with Gasteiger partial charge in [-0.2, -0.15) is 0 Å². The second-order valence-electron chi connectivity index (χ2n) is 7.41. The molecule has 34 heavy (non-hydrogen) atoms. The summed E-state index contributed by atoms with van der Waals surface area (Å²) in [4.78, 5) is 31.6. The summed E-state index contributed by atoms with van der Waals surface area (Å²) >= 11 is 6.69.